The lowest BCUT2D eigenvalue weighted by atomic mass is 10.0. The third-order valence-electron chi connectivity index (χ3n) is 5.68. The number of amides is 1. The first-order chi connectivity index (χ1) is 12.6. The Morgan fingerprint density at radius 2 is 2.04 bits per heavy atom. The summed E-state index contributed by atoms with van der Waals surface area (Å²) in [5.41, 5.74) is 2.00. The molecule has 2 N–H and O–H groups in total. The lowest BCUT2D eigenvalue weighted by Crippen LogP contribution is -2.39. The Labute approximate surface area is 152 Å². The van der Waals surface area contributed by atoms with Gasteiger partial charge >= 0.3 is 0 Å². The van der Waals surface area contributed by atoms with Crippen molar-refractivity contribution in [1.29, 1.82) is 0 Å². The van der Waals surface area contributed by atoms with Crippen LogP contribution in [0.3, 0.4) is 0 Å². The van der Waals surface area contributed by atoms with E-state index in [-0.39, 0.29) is 23.4 Å². The summed E-state index contributed by atoms with van der Waals surface area (Å²) in [6.07, 6.45) is 6.31. The summed E-state index contributed by atoms with van der Waals surface area (Å²) < 4.78 is 1.77. The molecule has 0 saturated carbocycles. The average molecular weight is 355 g/mol. The number of aromatic amines is 1. The van der Waals surface area contributed by atoms with Crippen LogP contribution >= 0.6 is 0 Å². The molecule has 138 valence electrons. The normalized spacial score (nSPS) is 21.3. The zero-order chi connectivity index (χ0) is 18.1. The maximum atomic E-state index is 13.1. The van der Waals surface area contributed by atoms with Crippen LogP contribution in [-0.2, 0) is 0 Å². The molecule has 0 radical (unpaired) electrons. The van der Waals surface area contributed by atoms with E-state index in [1.165, 1.54) is 0 Å². The number of likely N-dealkylation sites (tertiary alicyclic amines) is 1. The van der Waals surface area contributed by atoms with E-state index in [0.29, 0.717) is 18.7 Å². The van der Waals surface area contributed by atoms with Crippen molar-refractivity contribution in [2.75, 3.05) is 26.2 Å². The molecular weight excluding hydrogens is 330 g/mol. The molecule has 1 unspecified atom stereocenters. The van der Waals surface area contributed by atoms with Crippen LogP contribution in [0, 0.1) is 6.92 Å². The van der Waals surface area contributed by atoms with E-state index >= 15 is 0 Å². The number of aromatic nitrogens is 3. The van der Waals surface area contributed by atoms with Gasteiger partial charge in [-0.15, -0.1) is 0 Å². The maximum absolute atomic E-state index is 13.1. The van der Waals surface area contributed by atoms with Crippen molar-refractivity contribution < 1.29 is 4.79 Å². The van der Waals surface area contributed by atoms with Crippen molar-refractivity contribution in [3.63, 3.8) is 0 Å². The fourth-order valence-electron chi connectivity index (χ4n) is 4.12. The summed E-state index contributed by atoms with van der Waals surface area (Å²) in [5, 5.41) is 10.3. The number of pyridine rings is 1. The van der Waals surface area contributed by atoms with Gasteiger partial charge in [0.2, 0.25) is 0 Å². The molecule has 2 aromatic heterocycles. The van der Waals surface area contributed by atoms with Gasteiger partial charge < -0.3 is 14.8 Å². The SMILES string of the molecule is Cc1ccn(C2CCNCC2)c(=O)c1C(=O)N1CCC(c2ccn[nH]2)C1. The van der Waals surface area contributed by atoms with Crippen LogP contribution in [0.15, 0.2) is 29.3 Å². The molecule has 1 amide bonds. The minimum absolute atomic E-state index is 0.141. The molecule has 0 aromatic carbocycles. The van der Waals surface area contributed by atoms with Crippen LogP contribution in [0.1, 0.15) is 52.8 Å². The van der Waals surface area contributed by atoms with Crippen LogP contribution < -0.4 is 10.9 Å². The quantitative estimate of drug-likeness (QED) is 0.873. The molecular formula is C19H25N5O2. The van der Waals surface area contributed by atoms with Gasteiger partial charge in [0.25, 0.3) is 11.5 Å². The predicted molar refractivity (Wildman–Crippen MR) is 98.4 cm³/mol. The van der Waals surface area contributed by atoms with Gasteiger partial charge in [0, 0.05) is 43.1 Å². The Hall–Kier alpha value is -2.41. The fraction of sp³-hybridized carbons (Fsp3) is 0.526. The molecule has 7 heteroatoms. The molecule has 2 aliphatic heterocycles. The Kier molecular flexibility index (Phi) is 4.63. The average Bonchev–Trinajstić information content (AvgIpc) is 3.34. The maximum Gasteiger partial charge on any atom is 0.263 e. The van der Waals surface area contributed by atoms with Gasteiger partial charge in [-0.05, 0) is 57.0 Å². The molecule has 0 aliphatic carbocycles. The zero-order valence-corrected chi connectivity index (χ0v) is 15.1. The number of hydrogen-bond donors (Lipinski definition) is 2. The third-order valence-corrected chi connectivity index (χ3v) is 5.68. The standard InChI is InChI=1S/C19H25N5O2/c1-13-5-11-24(15-2-7-20-8-3-15)19(26)17(13)18(25)23-10-6-14(12-23)16-4-9-21-22-16/h4-5,9,11,14-15,20H,2-3,6-8,10,12H2,1H3,(H,21,22). The van der Waals surface area contributed by atoms with Gasteiger partial charge in [0.05, 0.1) is 0 Å². The van der Waals surface area contributed by atoms with E-state index in [1.54, 1.807) is 10.8 Å². The summed E-state index contributed by atoms with van der Waals surface area (Å²) in [6.45, 7) is 4.97. The number of rotatable bonds is 3. The lowest BCUT2D eigenvalue weighted by molar-refractivity contribution is 0.0787. The number of nitrogens with one attached hydrogen (secondary N) is 2. The van der Waals surface area contributed by atoms with Crippen molar-refractivity contribution in [3.05, 3.63) is 51.7 Å². The first-order valence-electron chi connectivity index (χ1n) is 9.36. The number of nitrogens with zero attached hydrogens (tertiary/aromatic N) is 3. The number of aryl methyl sites for hydroxylation is 1. The number of piperidine rings is 1. The van der Waals surface area contributed by atoms with E-state index in [1.807, 2.05) is 30.2 Å². The molecule has 2 aliphatic rings. The summed E-state index contributed by atoms with van der Waals surface area (Å²) in [4.78, 5) is 28.0. The van der Waals surface area contributed by atoms with Gasteiger partial charge in [-0.25, -0.2) is 0 Å². The van der Waals surface area contributed by atoms with Crippen molar-refractivity contribution in [1.82, 2.24) is 25.0 Å². The van der Waals surface area contributed by atoms with Crippen molar-refractivity contribution in [2.45, 2.75) is 38.1 Å². The molecule has 1 atom stereocenters. The second kappa shape index (κ2) is 7.07. The summed E-state index contributed by atoms with van der Waals surface area (Å²) >= 11 is 0. The number of H-pyrrole nitrogens is 1. The number of carbonyl (C=O) groups excluding carboxylic acids is 1. The van der Waals surface area contributed by atoms with E-state index in [4.69, 9.17) is 0 Å². The van der Waals surface area contributed by atoms with Crippen LogP contribution in [0.4, 0.5) is 0 Å². The predicted octanol–water partition coefficient (Wildman–Crippen LogP) is 1.43. The highest BCUT2D eigenvalue weighted by molar-refractivity contribution is 5.95. The van der Waals surface area contributed by atoms with E-state index < -0.39 is 0 Å². The van der Waals surface area contributed by atoms with E-state index in [0.717, 1.165) is 43.6 Å². The fourth-order valence-corrected chi connectivity index (χ4v) is 4.12. The van der Waals surface area contributed by atoms with Crippen LogP contribution in [0.2, 0.25) is 0 Å². The van der Waals surface area contributed by atoms with Gasteiger partial charge in [-0.3, -0.25) is 14.7 Å². The van der Waals surface area contributed by atoms with Gasteiger partial charge in [-0.2, -0.15) is 5.10 Å². The Bertz CT molecular complexity index is 836. The number of hydrogen-bond acceptors (Lipinski definition) is 4. The van der Waals surface area contributed by atoms with Crippen molar-refractivity contribution >= 4 is 5.91 Å². The third kappa shape index (κ3) is 3.07. The smallest absolute Gasteiger partial charge is 0.263 e. The highest BCUT2D eigenvalue weighted by Crippen LogP contribution is 2.27. The molecule has 2 aromatic rings. The second-order valence-electron chi connectivity index (χ2n) is 7.32. The summed E-state index contributed by atoms with van der Waals surface area (Å²) in [7, 11) is 0. The molecule has 7 nitrogen and oxygen atoms in total. The van der Waals surface area contributed by atoms with E-state index in [2.05, 4.69) is 15.5 Å². The highest BCUT2D eigenvalue weighted by Gasteiger charge is 2.31. The molecule has 4 heterocycles. The molecule has 0 bridgehead atoms. The minimum atomic E-state index is -0.146. The first kappa shape index (κ1) is 17.0. The molecule has 2 saturated heterocycles. The van der Waals surface area contributed by atoms with Crippen LogP contribution in [0.25, 0.3) is 0 Å². The van der Waals surface area contributed by atoms with Gasteiger partial charge in [0.15, 0.2) is 0 Å². The van der Waals surface area contributed by atoms with E-state index in [9.17, 15) is 9.59 Å². The molecule has 2 fully saturated rings. The van der Waals surface area contributed by atoms with Crippen molar-refractivity contribution in [2.24, 2.45) is 0 Å². The Morgan fingerprint density at radius 1 is 1.23 bits per heavy atom. The highest BCUT2D eigenvalue weighted by atomic mass is 16.2. The summed E-state index contributed by atoms with van der Waals surface area (Å²) in [5.74, 6) is 0.120. The molecule has 26 heavy (non-hydrogen) atoms. The Morgan fingerprint density at radius 3 is 2.77 bits per heavy atom. The topological polar surface area (TPSA) is 83.0 Å². The van der Waals surface area contributed by atoms with Gasteiger partial charge in [0.1, 0.15) is 5.56 Å². The molecule has 4 rings (SSSR count). The van der Waals surface area contributed by atoms with Crippen LogP contribution in [-0.4, -0.2) is 51.8 Å². The lowest BCUT2D eigenvalue weighted by Gasteiger charge is -2.26. The monoisotopic (exact) mass is 355 g/mol. The zero-order valence-electron chi connectivity index (χ0n) is 15.1. The summed E-state index contributed by atoms with van der Waals surface area (Å²) in [6, 6.07) is 4.03. The second-order valence-corrected chi connectivity index (χ2v) is 7.32. The Balaban J connectivity index is 1.59. The molecule has 0 spiro atoms. The number of carbonyl (C=O) groups is 1. The van der Waals surface area contributed by atoms with Gasteiger partial charge in [-0.1, -0.05) is 0 Å². The largest absolute Gasteiger partial charge is 0.338 e. The first-order valence-corrected chi connectivity index (χ1v) is 9.36. The van der Waals surface area contributed by atoms with Crippen molar-refractivity contribution in [3.8, 4) is 0 Å². The minimum Gasteiger partial charge on any atom is -0.338 e. The van der Waals surface area contributed by atoms with Crippen LogP contribution in [0.5, 0.6) is 0 Å².